The molecule has 0 atom stereocenters. The fourth-order valence-electron chi connectivity index (χ4n) is 3.86. The van der Waals surface area contributed by atoms with Gasteiger partial charge < -0.3 is 20.1 Å². The summed E-state index contributed by atoms with van der Waals surface area (Å²) in [4.78, 5) is 8.42. The van der Waals surface area contributed by atoms with Gasteiger partial charge in [0.1, 0.15) is 12.4 Å². The van der Waals surface area contributed by atoms with Crippen LogP contribution in [0.15, 0.2) is 30.9 Å². The lowest BCUT2D eigenvalue weighted by Crippen LogP contribution is -2.28. The van der Waals surface area contributed by atoms with E-state index in [2.05, 4.69) is 25.7 Å². The van der Waals surface area contributed by atoms with Gasteiger partial charge in [0.15, 0.2) is 17.3 Å². The number of anilines is 2. The summed E-state index contributed by atoms with van der Waals surface area (Å²) in [6.45, 7) is 4.29. The van der Waals surface area contributed by atoms with Crippen LogP contribution < -0.4 is 20.1 Å². The van der Waals surface area contributed by atoms with Crippen molar-refractivity contribution >= 4 is 11.6 Å². The van der Waals surface area contributed by atoms with Gasteiger partial charge in [-0.3, -0.25) is 4.68 Å². The SMILES string of the molecule is COc1cc(C)c(F)c(COc2cnc(Nc3cnn(CCC4CCNCC4)c3)nc2)c1F. The Hall–Kier alpha value is -3.27. The highest BCUT2D eigenvalue weighted by molar-refractivity contribution is 5.50. The standard InChI is InChI=1S/C23H28F2N6O2/c1-15-9-20(32-2)22(25)19(21(15)24)14-33-18-11-27-23(28-12-18)30-17-10-29-31(13-17)8-5-16-3-6-26-7-4-16/h9-13,16,26H,3-8,14H2,1-2H3,(H,27,28,30). The number of aromatic nitrogens is 4. The maximum Gasteiger partial charge on any atom is 0.227 e. The number of nitrogens with one attached hydrogen (secondary N) is 2. The molecule has 1 saturated heterocycles. The van der Waals surface area contributed by atoms with Gasteiger partial charge in [-0.05, 0) is 56.8 Å². The Morgan fingerprint density at radius 3 is 2.64 bits per heavy atom. The van der Waals surface area contributed by atoms with E-state index in [1.807, 2.05) is 10.9 Å². The third-order valence-corrected chi connectivity index (χ3v) is 5.79. The number of benzene rings is 1. The smallest absolute Gasteiger partial charge is 0.227 e. The van der Waals surface area contributed by atoms with Gasteiger partial charge in [-0.1, -0.05) is 0 Å². The molecule has 0 amide bonds. The predicted molar refractivity (Wildman–Crippen MR) is 120 cm³/mol. The molecule has 2 N–H and O–H groups in total. The van der Waals surface area contributed by atoms with Gasteiger partial charge in [-0.15, -0.1) is 0 Å². The molecule has 0 aliphatic carbocycles. The highest BCUT2D eigenvalue weighted by atomic mass is 19.1. The van der Waals surface area contributed by atoms with E-state index in [9.17, 15) is 8.78 Å². The second-order valence-electron chi connectivity index (χ2n) is 8.13. The Bertz CT molecular complexity index is 1070. The van der Waals surface area contributed by atoms with Crippen LogP contribution in [0.25, 0.3) is 0 Å². The molecule has 0 saturated carbocycles. The summed E-state index contributed by atoms with van der Waals surface area (Å²) >= 11 is 0. The van der Waals surface area contributed by atoms with Gasteiger partial charge >= 0.3 is 0 Å². The summed E-state index contributed by atoms with van der Waals surface area (Å²) in [5.74, 6) is -0.0702. The Morgan fingerprint density at radius 1 is 1.15 bits per heavy atom. The summed E-state index contributed by atoms with van der Waals surface area (Å²) in [6, 6.07) is 1.31. The maximum atomic E-state index is 14.4. The van der Waals surface area contributed by atoms with Crippen molar-refractivity contribution in [2.45, 2.75) is 39.3 Å². The molecule has 0 bridgehead atoms. The van der Waals surface area contributed by atoms with Gasteiger partial charge in [-0.2, -0.15) is 5.10 Å². The number of rotatable bonds is 9. The molecule has 10 heteroatoms. The van der Waals surface area contributed by atoms with Crippen molar-refractivity contribution in [3.8, 4) is 11.5 Å². The normalized spacial score (nSPS) is 14.3. The van der Waals surface area contributed by atoms with Crippen LogP contribution in [0.4, 0.5) is 20.4 Å². The van der Waals surface area contributed by atoms with Crippen LogP contribution in [0, 0.1) is 24.5 Å². The van der Waals surface area contributed by atoms with Crippen LogP contribution in [-0.4, -0.2) is 39.9 Å². The van der Waals surface area contributed by atoms with E-state index in [1.54, 1.807) is 13.1 Å². The molecule has 0 spiro atoms. The van der Waals surface area contributed by atoms with E-state index >= 15 is 0 Å². The average molecular weight is 459 g/mol. The number of nitrogens with zero attached hydrogens (tertiary/aromatic N) is 4. The molecule has 1 fully saturated rings. The highest BCUT2D eigenvalue weighted by Gasteiger charge is 2.18. The average Bonchev–Trinajstić information content (AvgIpc) is 3.29. The van der Waals surface area contributed by atoms with Gasteiger partial charge in [0, 0.05) is 12.7 Å². The Kier molecular flexibility index (Phi) is 7.33. The number of hydrogen-bond donors (Lipinski definition) is 2. The first-order valence-electron chi connectivity index (χ1n) is 11.0. The largest absolute Gasteiger partial charge is 0.494 e. The lowest BCUT2D eigenvalue weighted by Gasteiger charge is -2.22. The monoisotopic (exact) mass is 458 g/mol. The van der Waals surface area contributed by atoms with Crippen molar-refractivity contribution in [1.82, 2.24) is 25.1 Å². The van der Waals surface area contributed by atoms with Crippen molar-refractivity contribution in [3.05, 3.63) is 53.6 Å². The number of aryl methyl sites for hydroxylation is 2. The Labute approximate surface area is 191 Å². The second kappa shape index (κ2) is 10.6. The van der Waals surface area contributed by atoms with Crippen molar-refractivity contribution in [2.24, 2.45) is 5.92 Å². The fraction of sp³-hybridized carbons (Fsp3) is 0.435. The molecule has 0 radical (unpaired) electrons. The third-order valence-electron chi connectivity index (χ3n) is 5.79. The van der Waals surface area contributed by atoms with Crippen LogP contribution in [0.3, 0.4) is 0 Å². The van der Waals surface area contributed by atoms with Gasteiger partial charge in [-0.25, -0.2) is 18.7 Å². The zero-order valence-corrected chi connectivity index (χ0v) is 18.8. The quantitative estimate of drug-likeness (QED) is 0.502. The number of piperidine rings is 1. The summed E-state index contributed by atoms with van der Waals surface area (Å²) in [5, 5.41) is 10.9. The number of ether oxygens (including phenoxy) is 2. The Balaban J connectivity index is 1.31. The van der Waals surface area contributed by atoms with Gasteiger partial charge in [0.2, 0.25) is 5.95 Å². The van der Waals surface area contributed by atoms with Crippen LogP contribution in [0.1, 0.15) is 30.4 Å². The first-order valence-corrected chi connectivity index (χ1v) is 11.0. The molecule has 1 aromatic carbocycles. The van der Waals surface area contributed by atoms with E-state index in [0.29, 0.717) is 5.95 Å². The zero-order valence-electron chi connectivity index (χ0n) is 18.8. The minimum Gasteiger partial charge on any atom is -0.494 e. The fourth-order valence-corrected chi connectivity index (χ4v) is 3.86. The Morgan fingerprint density at radius 2 is 1.91 bits per heavy atom. The van der Waals surface area contributed by atoms with Crippen molar-refractivity contribution in [1.29, 1.82) is 0 Å². The van der Waals surface area contributed by atoms with Crippen LogP contribution in [0.5, 0.6) is 11.5 Å². The molecule has 2 aromatic heterocycles. The molecule has 1 aliphatic rings. The number of methoxy groups -OCH3 is 1. The van der Waals surface area contributed by atoms with Crippen LogP contribution >= 0.6 is 0 Å². The molecule has 3 heterocycles. The molecular weight excluding hydrogens is 430 g/mol. The lowest BCUT2D eigenvalue weighted by atomic mass is 9.95. The molecule has 1 aliphatic heterocycles. The van der Waals surface area contributed by atoms with E-state index in [4.69, 9.17) is 9.47 Å². The molecule has 8 nitrogen and oxygen atoms in total. The van der Waals surface area contributed by atoms with Gasteiger partial charge in [0.25, 0.3) is 0 Å². The second-order valence-corrected chi connectivity index (χ2v) is 8.13. The van der Waals surface area contributed by atoms with E-state index < -0.39 is 11.6 Å². The topological polar surface area (TPSA) is 86.1 Å². The van der Waals surface area contributed by atoms with Crippen molar-refractivity contribution in [3.63, 3.8) is 0 Å². The van der Waals surface area contributed by atoms with E-state index in [1.165, 1.54) is 38.4 Å². The van der Waals surface area contributed by atoms with E-state index in [-0.39, 0.29) is 29.2 Å². The first kappa shape index (κ1) is 22.9. The minimum absolute atomic E-state index is 0.0282. The lowest BCUT2D eigenvalue weighted by molar-refractivity contribution is 0.285. The minimum atomic E-state index is -0.781. The maximum absolute atomic E-state index is 14.4. The van der Waals surface area contributed by atoms with E-state index in [0.717, 1.165) is 37.7 Å². The van der Waals surface area contributed by atoms with Crippen LogP contribution in [-0.2, 0) is 13.2 Å². The summed E-state index contributed by atoms with van der Waals surface area (Å²) in [5.41, 5.74) is 0.856. The molecule has 4 rings (SSSR count). The highest BCUT2D eigenvalue weighted by Crippen LogP contribution is 2.27. The van der Waals surface area contributed by atoms with Crippen LogP contribution in [0.2, 0.25) is 0 Å². The van der Waals surface area contributed by atoms with Crippen molar-refractivity contribution in [2.75, 3.05) is 25.5 Å². The van der Waals surface area contributed by atoms with Crippen molar-refractivity contribution < 1.29 is 18.3 Å². The summed E-state index contributed by atoms with van der Waals surface area (Å²) in [6.07, 6.45) is 10.1. The summed E-state index contributed by atoms with van der Waals surface area (Å²) < 4.78 is 41.1. The molecular formula is C23H28F2N6O2. The predicted octanol–water partition coefficient (Wildman–Crippen LogP) is 3.98. The number of hydrogen-bond acceptors (Lipinski definition) is 7. The zero-order chi connectivity index (χ0) is 23.2. The number of halogens is 2. The molecule has 3 aromatic rings. The molecule has 0 unspecified atom stereocenters. The molecule has 33 heavy (non-hydrogen) atoms. The summed E-state index contributed by atoms with van der Waals surface area (Å²) in [7, 11) is 1.33. The molecule has 176 valence electrons. The van der Waals surface area contributed by atoms with Gasteiger partial charge in [0.05, 0.1) is 37.0 Å². The first-order chi connectivity index (χ1) is 16.0. The third kappa shape index (κ3) is 5.75.